The Balaban J connectivity index is 1.52. The van der Waals surface area contributed by atoms with E-state index in [-0.39, 0.29) is 0 Å². The lowest BCUT2D eigenvalue weighted by atomic mass is 9.90. The van der Waals surface area contributed by atoms with Crippen molar-refractivity contribution in [2.45, 2.75) is 0 Å². The number of fused-ring (bicyclic) bond motifs is 1. The molecule has 3 heteroatoms. The zero-order valence-corrected chi connectivity index (χ0v) is 17.9. The fourth-order valence-corrected chi connectivity index (χ4v) is 4.35. The summed E-state index contributed by atoms with van der Waals surface area (Å²) in [6.07, 6.45) is 0. The highest BCUT2D eigenvalue weighted by atomic mass is 15.2. The molecule has 6 rings (SSSR count). The maximum absolute atomic E-state index is 4.77. The molecule has 0 unspecified atom stereocenters. The quantitative estimate of drug-likeness (QED) is 0.317. The van der Waals surface area contributed by atoms with E-state index in [9.17, 15) is 0 Å². The van der Waals surface area contributed by atoms with Gasteiger partial charge >= 0.3 is 0 Å². The number of aromatic nitrogens is 3. The second-order valence-electron chi connectivity index (χ2n) is 8.03. The van der Waals surface area contributed by atoms with Gasteiger partial charge in [-0.15, -0.1) is 0 Å². The predicted molar refractivity (Wildman–Crippen MR) is 136 cm³/mol. The Bertz CT molecular complexity index is 1550. The van der Waals surface area contributed by atoms with E-state index in [1.165, 1.54) is 27.5 Å². The minimum atomic E-state index is 0.690. The van der Waals surface area contributed by atoms with Crippen LogP contribution in [0.15, 0.2) is 121 Å². The monoisotopic (exact) mass is 423 g/mol. The minimum Gasteiger partial charge on any atom is -0.259 e. The number of nitrogens with zero attached hydrogens (tertiary/aromatic N) is 2. The Labute approximate surface area is 192 Å². The van der Waals surface area contributed by atoms with E-state index in [0.29, 0.717) is 5.82 Å². The van der Waals surface area contributed by atoms with E-state index in [2.05, 4.69) is 95.1 Å². The molecule has 0 saturated carbocycles. The average molecular weight is 424 g/mol. The van der Waals surface area contributed by atoms with Gasteiger partial charge in [-0.05, 0) is 39.1 Å². The van der Waals surface area contributed by atoms with Crippen LogP contribution < -0.4 is 0 Å². The molecular weight excluding hydrogens is 402 g/mol. The minimum absolute atomic E-state index is 0.690. The van der Waals surface area contributed by atoms with Crippen molar-refractivity contribution >= 4 is 10.8 Å². The summed E-state index contributed by atoms with van der Waals surface area (Å²) in [5.74, 6) is 1.46. The summed E-state index contributed by atoms with van der Waals surface area (Å²) in [6.45, 7) is 0. The van der Waals surface area contributed by atoms with Crippen LogP contribution >= 0.6 is 0 Å². The van der Waals surface area contributed by atoms with E-state index >= 15 is 0 Å². The second-order valence-corrected chi connectivity index (χ2v) is 8.03. The highest BCUT2D eigenvalue weighted by Gasteiger charge is 2.14. The maximum atomic E-state index is 4.77. The first kappa shape index (κ1) is 19.2. The third-order valence-electron chi connectivity index (χ3n) is 5.98. The molecule has 0 amide bonds. The number of H-pyrrole nitrogens is 1. The van der Waals surface area contributed by atoms with Crippen molar-refractivity contribution in [3.63, 3.8) is 0 Å². The first-order valence-corrected chi connectivity index (χ1v) is 11.0. The Kier molecular flexibility index (Phi) is 4.78. The predicted octanol–water partition coefficient (Wildman–Crippen LogP) is 7.63. The van der Waals surface area contributed by atoms with Crippen molar-refractivity contribution in [2.75, 3.05) is 0 Å². The van der Waals surface area contributed by atoms with Crippen molar-refractivity contribution in [3.05, 3.63) is 121 Å². The highest BCUT2D eigenvalue weighted by molar-refractivity contribution is 6.01. The summed E-state index contributed by atoms with van der Waals surface area (Å²) in [5, 5.41) is 10.1. The van der Waals surface area contributed by atoms with Crippen LogP contribution in [0.4, 0.5) is 0 Å². The number of hydrogen-bond acceptors (Lipinski definition) is 2. The molecule has 5 aromatic carbocycles. The maximum Gasteiger partial charge on any atom is 0.181 e. The van der Waals surface area contributed by atoms with Gasteiger partial charge in [0.25, 0.3) is 0 Å². The SMILES string of the molecule is c1ccc(-c2nc(-c3ccc(-c4cccc5ccccc45)c(-c4ccccc4)c3)n[nH]2)cc1. The van der Waals surface area contributed by atoms with Crippen molar-refractivity contribution in [1.82, 2.24) is 15.2 Å². The summed E-state index contributed by atoms with van der Waals surface area (Å²) in [7, 11) is 0. The van der Waals surface area contributed by atoms with Crippen LogP contribution in [0.5, 0.6) is 0 Å². The highest BCUT2D eigenvalue weighted by Crippen LogP contribution is 2.38. The van der Waals surface area contributed by atoms with Crippen LogP contribution in [0.25, 0.3) is 55.8 Å². The fourth-order valence-electron chi connectivity index (χ4n) is 4.35. The van der Waals surface area contributed by atoms with Crippen LogP contribution in [0.3, 0.4) is 0 Å². The lowest BCUT2D eigenvalue weighted by Crippen LogP contribution is -1.90. The number of rotatable bonds is 4. The average Bonchev–Trinajstić information content (AvgIpc) is 3.40. The van der Waals surface area contributed by atoms with Crippen LogP contribution in [0.1, 0.15) is 0 Å². The number of hydrogen-bond donors (Lipinski definition) is 1. The molecule has 0 spiro atoms. The zero-order valence-electron chi connectivity index (χ0n) is 17.9. The van der Waals surface area contributed by atoms with Crippen LogP contribution in [-0.4, -0.2) is 15.2 Å². The molecule has 0 aliphatic heterocycles. The van der Waals surface area contributed by atoms with Gasteiger partial charge in [-0.2, -0.15) is 5.10 Å². The molecule has 0 aliphatic rings. The third-order valence-corrected chi connectivity index (χ3v) is 5.98. The summed E-state index contributed by atoms with van der Waals surface area (Å²) < 4.78 is 0. The first-order chi connectivity index (χ1) is 16.4. The van der Waals surface area contributed by atoms with Gasteiger partial charge in [0.1, 0.15) is 0 Å². The summed E-state index contributed by atoms with van der Waals surface area (Å²) in [4.78, 5) is 4.77. The summed E-state index contributed by atoms with van der Waals surface area (Å²) in [5.41, 5.74) is 6.75. The molecule has 1 N–H and O–H groups in total. The van der Waals surface area contributed by atoms with Gasteiger partial charge in [-0.3, -0.25) is 5.10 Å². The molecule has 0 bridgehead atoms. The second kappa shape index (κ2) is 8.21. The normalized spacial score (nSPS) is 11.0. The third kappa shape index (κ3) is 3.60. The van der Waals surface area contributed by atoms with Crippen molar-refractivity contribution in [2.24, 2.45) is 0 Å². The van der Waals surface area contributed by atoms with Gasteiger partial charge in [0.05, 0.1) is 0 Å². The Morgan fingerprint density at radius 2 is 1.18 bits per heavy atom. The van der Waals surface area contributed by atoms with E-state index in [1.807, 2.05) is 36.4 Å². The Morgan fingerprint density at radius 3 is 2.00 bits per heavy atom. The largest absolute Gasteiger partial charge is 0.259 e. The van der Waals surface area contributed by atoms with Crippen LogP contribution in [-0.2, 0) is 0 Å². The molecule has 1 heterocycles. The number of nitrogens with one attached hydrogen (secondary N) is 1. The molecule has 3 nitrogen and oxygen atoms in total. The molecule has 0 aliphatic carbocycles. The number of benzene rings is 5. The topological polar surface area (TPSA) is 41.6 Å². The Hall–Kier alpha value is -4.50. The van der Waals surface area contributed by atoms with E-state index in [0.717, 1.165) is 22.5 Å². The van der Waals surface area contributed by atoms with E-state index < -0.39 is 0 Å². The lowest BCUT2D eigenvalue weighted by Gasteiger charge is -2.14. The van der Waals surface area contributed by atoms with Gasteiger partial charge in [0.2, 0.25) is 0 Å². The van der Waals surface area contributed by atoms with Crippen LogP contribution in [0.2, 0.25) is 0 Å². The molecule has 33 heavy (non-hydrogen) atoms. The number of aromatic amines is 1. The van der Waals surface area contributed by atoms with Crippen molar-refractivity contribution in [3.8, 4) is 45.0 Å². The molecule has 0 radical (unpaired) electrons. The molecule has 0 atom stereocenters. The summed E-state index contributed by atoms with van der Waals surface area (Å²) in [6, 6.07) is 42.1. The summed E-state index contributed by atoms with van der Waals surface area (Å²) >= 11 is 0. The smallest absolute Gasteiger partial charge is 0.181 e. The van der Waals surface area contributed by atoms with Crippen molar-refractivity contribution < 1.29 is 0 Å². The zero-order chi connectivity index (χ0) is 22.0. The van der Waals surface area contributed by atoms with Gasteiger partial charge in [-0.25, -0.2) is 4.98 Å². The molecule has 6 aromatic rings. The van der Waals surface area contributed by atoms with E-state index in [1.54, 1.807) is 0 Å². The molecule has 1 aromatic heterocycles. The van der Waals surface area contributed by atoms with Gasteiger partial charge in [-0.1, -0.05) is 115 Å². The molecule has 0 fully saturated rings. The fraction of sp³-hybridized carbons (Fsp3) is 0. The van der Waals surface area contributed by atoms with Gasteiger partial charge in [0.15, 0.2) is 11.6 Å². The first-order valence-electron chi connectivity index (χ1n) is 11.0. The molecular formula is C30H21N3. The van der Waals surface area contributed by atoms with Gasteiger partial charge < -0.3 is 0 Å². The molecule has 0 saturated heterocycles. The van der Waals surface area contributed by atoms with Crippen LogP contribution in [0, 0.1) is 0 Å². The molecule has 156 valence electrons. The Morgan fingerprint density at radius 1 is 0.485 bits per heavy atom. The van der Waals surface area contributed by atoms with Crippen molar-refractivity contribution in [1.29, 1.82) is 0 Å². The lowest BCUT2D eigenvalue weighted by molar-refractivity contribution is 1.10. The van der Waals surface area contributed by atoms with E-state index in [4.69, 9.17) is 4.98 Å². The standard InChI is InChI=1S/C30H21N3/c1-3-10-22(11-4-1)28-20-24(30-31-29(32-33-30)23-13-5-2-6-14-23)18-19-27(28)26-17-9-15-21-12-7-8-16-25(21)26/h1-20H,(H,31,32,33). The van der Waals surface area contributed by atoms with Gasteiger partial charge in [0, 0.05) is 11.1 Å².